The molecule has 0 unspecified atom stereocenters. The van der Waals surface area contributed by atoms with E-state index < -0.39 is 0 Å². The highest BCUT2D eigenvalue weighted by Crippen LogP contribution is 2.42. The van der Waals surface area contributed by atoms with E-state index in [2.05, 4.69) is 57.4 Å². The average Bonchev–Trinajstić information content (AvgIpc) is 3.41. The fourth-order valence-electron chi connectivity index (χ4n) is 3.21. The Kier molecular flexibility index (Phi) is 2.88. The van der Waals surface area contributed by atoms with Gasteiger partial charge in [0, 0.05) is 19.2 Å². The number of H-pyrrole nitrogens is 1. The molecule has 0 fully saturated rings. The number of hydrogen-bond donors (Lipinski definition) is 1. The van der Waals surface area contributed by atoms with Crippen LogP contribution < -0.4 is 0 Å². The van der Waals surface area contributed by atoms with Crippen LogP contribution in [0.25, 0.3) is 52.4 Å². The van der Waals surface area contributed by atoms with Crippen molar-refractivity contribution >= 4 is 54.2 Å². The third-order valence-corrected chi connectivity index (χ3v) is 6.92. The molecule has 124 valence electrons. The van der Waals surface area contributed by atoms with E-state index in [-0.39, 0.29) is 0 Å². The van der Waals surface area contributed by atoms with Crippen molar-refractivity contribution in [2.45, 2.75) is 0 Å². The number of rotatable bonds is 2. The summed E-state index contributed by atoms with van der Waals surface area (Å²) < 4.78 is 8.04. The topological polar surface area (TPSA) is 54.7 Å². The third kappa shape index (κ3) is 2.13. The van der Waals surface area contributed by atoms with Gasteiger partial charge in [0.25, 0.3) is 0 Å². The van der Waals surface area contributed by atoms with Crippen molar-refractivity contribution in [1.82, 2.24) is 15.0 Å². The number of benzene rings is 2. The summed E-state index contributed by atoms with van der Waals surface area (Å²) in [5.74, 6) is 0. The van der Waals surface area contributed by atoms with E-state index in [1.54, 1.807) is 6.33 Å². The molecule has 0 atom stereocenters. The Balaban J connectivity index is 1.43. The Morgan fingerprint density at radius 3 is 2.38 bits per heavy atom. The maximum Gasteiger partial charge on any atom is 0.181 e. The van der Waals surface area contributed by atoms with Crippen LogP contribution in [-0.4, -0.2) is 15.0 Å². The second-order valence-electron chi connectivity index (χ2n) is 6.12. The molecule has 4 heterocycles. The molecule has 6 heteroatoms. The first kappa shape index (κ1) is 14.2. The summed E-state index contributed by atoms with van der Waals surface area (Å²) in [6, 6.07) is 17.1. The molecule has 0 saturated carbocycles. The number of aromatic nitrogens is 3. The molecule has 0 spiro atoms. The quantitative estimate of drug-likeness (QED) is 0.387. The summed E-state index contributed by atoms with van der Waals surface area (Å²) in [5, 5.41) is 0. The van der Waals surface area contributed by atoms with Gasteiger partial charge in [-0.15, -0.1) is 22.7 Å². The molecule has 0 bridgehead atoms. The zero-order valence-electron chi connectivity index (χ0n) is 13.4. The van der Waals surface area contributed by atoms with E-state index in [4.69, 9.17) is 4.42 Å². The number of nitrogens with one attached hydrogen (secondary N) is 1. The normalized spacial score (nSPS) is 11.8. The molecule has 6 aromatic rings. The molecule has 0 aliphatic carbocycles. The van der Waals surface area contributed by atoms with Crippen LogP contribution in [0.4, 0.5) is 0 Å². The van der Waals surface area contributed by atoms with Crippen LogP contribution in [0.3, 0.4) is 0 Å². The Hall–Kier alpha value is -2.96. The van der Waals surface area contributed by atoms with E-state index in [1.165, 1.54) is 36.7 Å². The minimum absolute atomic E-state index is 0.826. The Morgan fingerprint density at radius 1 is 0.769 bits per heavy atom. The van der Waals surface area contributed by atoms with Gasteiger partial charge in [-0.05, 0) is 47.5 Å². The first-order valence-electron chi connectivity index (χ1n) is 8.14. The molecule has 0 saturated heterocycles. The number of nitrogens with zero attached hydrogens (tertiary/aromatic N) is 2. The molecule has 6 rings (SSSR count). The van der Waals surface area contributed by atoms with Crippen molar-refractivity contribution in [3.63, 3.8) is 0 Å². The van der Waals surface area contributed by atoms with E-state index in [0.717, 1.165) is 22.1 Å². The molecule has 4 aromatic heterocycles. The first-order valence-corrected chi connectivity index (χ1v) is 9.77. The summed E-state index contributed by atoms with van der Waals surface area (Å²) in [5.41, 5.74) is 6.16. The predicted octanol–water partition coefficient (Wildman–Crippen LogP) is 6.31. The smallest absolute Gasteiger partial charge is 0.181 e. The fraction of sp³-hybridized carbons (Fsp3) is 0. The summed E-state index contributed by atoms with van der Waals surface area (Å²) >= 11 is 3.63. The molecular formula is C20H11N3OS2. The number of imidazole rings is 1. The summed E-state index contributed by atoms with van der Waals surface area (Å²) in [6.07, 6.45) is 3.23. The minimum Gasteiger partial charge on any atom is -0.443 e. The Morgan fingerprint density at radius 2 is 1.54 bits per heavy atom. The molecule has 4 nitrogen and oxygen atoms in total. The van der Waals surface area contributed by atoms with Gasteiger partial charge in [0.1, 0.15) is 5.52 Å². The largest absolute Gasteiger partial charge is 0.443 e. The lowest BCUT2D eigenvalue weighted by atomic mass is 10.1. The van der Waals surface area contributed by atoms with Crippen LogP contribution in [0.15, 0.2) is 65.7 Å². The highest BCUT2D eigenvalue weighted by Gasteiger charge is 2.11. The lowest BCUT2D eigenvalue weighted by molar-refractivity contribution is 0.602. The van der Waals surface area contributed by atoms with Gasteiger partial charge in [0.2, 0.25) is 0 Å². The summed E-state index contributed by atoms with van der Waals surface area (Å²) in [6.45, 7) is 0. The van der Waals surface area contributed by atoms with Crippen molar-refractivity contribution in [2.75, 3.05) is 0 Å². The monoisotopic (exact) mass is 373 g/mol. The highest BCUT2D eigenvalue weighted by atomic mass is 32.1. The molecule has 26 heavy (non-hydrogen) atoms. The van der Waals surface area contributed by atoms with Crippen molar-refractivity contribution in [1.29, 1.82) is 0 Å². The van der Waals surface area contributed by atoms with Crippen LogP contribution >= 0.6 is 22.7 Å². The van der Waals surface area contributed by atoms with Gasteiger partial charge in [0.05, 0.1) is 17.4 Å². The number of oxazole rings is 1. The molecular weight excluding hydrogens is 362 g/mol. The van der Waals surface area contributed by atoms with Gasteiger partial charge in [-0.3, -0.25) is 0 Å². The SMILES string of the molecule is c1nc2cc(-c3cc4sc(-c5ccc6ncoc6c5)cc4s3)ccc2[nH]1. The average molecular weight is 373 g/mol. The number of fused-ring (bicyclic) bond motifs is 3. The molecule has 0 aliphatic rings. The highest BCUT2D eigenvalue weighted by molar-refractivity contribution is 7.31. The number of aromatic amines is 1. The zero-order valence-corrected chi connectivity index (χ0v) is 15.0. The van der Waals surface area contributed by atoms with Crippen LogP contribution in [-0.2, 0) is 0 Å². The van der Waals surface area contributed by atoms with Gasteiger partial charge in [0.15, 0.2) is 12.0 Å². The van der Waals surface area contributed by atoms with Crippen LogP contribution in [0.2, 0.25) is 0 Å². The second-order valence-corrected chi connectivity index (χ2v) is 8.29. The molecule has 2 aromatic carbocycles. The fourth-order valence-corrected chi connectivity index (χ4v) is 5.60. The maximum absolute atomic E-state index is 5.43. The molecule has 0 radical (unpaired) electrons. The van der Waals surface area contributed by atoms with E-state index in [0.29, 0.717) is 0 Å². The van der Waals surface area contributed by atoms with Crippen molar-refractivity contribution < 1.29 is 4.42 Å². The zero-order chi connectivity index (χ0) is 17.1. The van der Waals surface area contributed by atoms with Gasteiger partial charge >= 0.3 is 0 Å². The van der Waals surface area contributed by atoms with Crippen molar-refractivity contribution in [3.8, 4) is 20.9 Å². The lowest BCUT2D eigenvalue weighted by Crippen LogP contribution is -1.74. The first-order chi connectivity index (χ1) is 12.8. The predicted molar refractivity (Wildman–Crippen MR) is 108 cm³/mol. The van der Waals surface area contributed by atoms with Crippen molar-refractivity contribution in [2.24, 2.45) is 0 Å². The lowest BCUT2D eigenvalue weighted by Gasteiger charge is -1.98. The summed E-state index contributed by atoms with van der Waals surface area (Å²) in [4.78, 5) is 14.2. The second kappa shape index (κ2) is 5.27. The van der Waals surface area contributed by atoms with E-state index in [1.807, 2.05) is 28.7 Å². The van der Waals surface area contributed by atoms with Crippen LogP contribution in [0.1, 0.15) is 0 Å². The maximum atomic E-state index is 5.43. The van der Waals surface area contributed by atoms with E-state index >= 15 is 0 Å². The van der Waals surface area contributed by atoms with Gasteiger partial charge in [-0.25, -0.2) is 9.97 Å². The number of thiophene rings is 2. The third-order valence-electron chi connectivity index (χ3n) is 4.53. The Labute approximate surface area is 155 Å². The minimum atomic E-state index is 0.826. The van der Waals surface area contributed by atoms with Crippen molar-refractivity contribution in [3.05, 3.63) is 61.3 Å². The molecule has 0 amide bonds. The molecule has 1 N–H and O–H groups in total. The Bertz CT molecular complexity index is 1270. The standard InChI is InChI=1S/C20H11N3OS2/c1-3-13-15(22-9-21-13)5-11(1)17-7-19-20(25-17)8-18(26-19)12-2-4-14-16(6-12)24-10-23-14/h1-10H,(H,21,22). The van der Waals surface area contributed by atoms with E-state index in [9.17, 15) is 0 Å². The van der Waals surface area contributed by atoms with Gasteiger partial charge < -0.3 is 9.40 Å². The molecule has 0 aliphatic heterocycles. The van der Waals surface area contributed by atoms with Gasteiger partial charge in [-0.2, -0.15) is 0 Å². The number of hydrogen-bond acceptors (Lipinski definition) is 5. The van der Waals surface area contributed by atoms with Gasteiger partial charge in [-0.1, -0.05) is 12.1 Å². The van der Waals surface area contributed by atoms with Crippen LogP contribution in [0, 0.1) is 0 Å². The summed E-state index contributed by atoms with van der Waals surface area (Å²) in [7, 11) is 0. The van der Waals surface area contributed by atoms with Crippen LogP contribution in [0.5, 0.6) is 0 Å².